The van der Waals surface area contributed by atoms with Crippen LogP contribution in [0.15, 0.2) is 11.6 Å². The summed E-state index contributed by atoms with van der Waals surface area (Å²) in [5, 5.41) is 20.9. The number of hydrogen-bond acceptors (Lipinski definition) is 2. The standard InChI is InChI=1S/C15H29NO2/c1-13(2)16(18)12-7-6-9-14(3)10-8-11-15(4,5)17/h9,12-13,17H,6-8,10-11H2,1-5H3. The van der Waals surface area contributed by atoms with E-state index < -0.39 is 5.60 Å². The van der Waals surface area contributed by atoms with Crippen LogP contribution in [0, 0.1) is 5.21 Å². The van der Waals surface area contributed by atoms with E-state index in [2.05, 4.69) is 13.0 Å². The molecule has 0 saturated heterocycles. The monoisotopic (exact) mass is 255 g/mol. The summed E-state index contributed by atoms with van der Waals surface area (Å²) in [6, 6.07) is 0.0295. The maximum atomic E-state index is 11.3. The van der Waals surface area contributed by atoms with E-state index in [4.69, 9.17) is 0 Å². The molecular formula is C15H29NO2. The van der Waals surface area contributed by atoms with E-state index in [0.717, 1.165) is 36.8 Å². The van der Waals surface area contributed by atoms with Gasteiger partial charge in [-0.1, -0.05) is 11.6 Å². The van der Waals surface area contributed by atoms with Crippen molar-refractivity contribution in [3.63, 3.8) is 0 Å². The maximum absolute atomic E-state index is 11.3. The number of nitrogens with zero attached hydrogens (tertiary/aromatic N) is 1. The van der Waals surface area contributed by atoms with Crippen molar-refractivity contribution in [1.29, 1.82) is 0 Å². The van der Waals surface area contributed by atoms with Crippen molar-refractivity contribution in [2.24, 2.45) is 0 Å². The Bertz CT molecular complexity index is 285. The first kappa shape index (κ1) is 17.2. The van der Waals surface area contributed by atoms with Gasteiger partial charge in [-0.2, -0.15) is 0 Å². The minimum atomic E-state index is -0.561. The lowest BCUT2D eigenvalue weighted by atomic mass is 9.99. The predicted molar refractivity (Wildman–Crippen MR) is 78.0 cm³/mol. The van der Waals surface area contributed by atoms with Crippen molar-refractivity contribution in [2.45, 2.75) is 78.4 Å². The Hall–Kier alpha value is -0.830. The molecule has 3 heteroatoms. The Balaban J connectivity index is 3.82. The van der Waals surface area contributed by atoms with E-state index in [9.17, 15) is 10.3 Å². The summed E-state index contributed by atoms with van der Waals surface area (Å²) in [5.74, 6) is 0. The SMILES string of the molecule is CC(=CCCC=[N+]([O-])C(C)C)CCCC(C)(C)O. The van der Waals surface area contributed by atoms with Crippen LogP contribution in [0.25, 0.3) is 0 Å². The molecule has 0 aliphatic carbocycles. The topological polar surface area (TPSA) is 46.3 Å². The average Bonchev–Trinajstić information content (AvgIpc) is 2.22. The molecule has 106 valence electrons. The van der Waals surface area contributed by atoms with Gasteiger partial charge >= 0.3 is 0 Å². The third kappa shape index (κ3) is 10.3. The molecule has 18 heavy (non-hydrogen) atoms. The summed E-state index contributed by atoms with van der Waals surface area (Å²) >= 11 is 0. The molecule has 0 heterocycles. The molecule has 0 spiro atoms. The number of allylic oxidation sites excluding steroid dienone is 2. The highest BCUT2D eigenvalue weighted by molar-refractivity contribution is 5.51. The fourth-order valence-corrected chi connectivity index (χ4v) is 1.64. The van der Waals surface area contributed by atoms with Crippen LogP contribution in [-0.2, 0) is 0 Å². The Labute approximate surface area is 112 Å². The second-order valence-electron chi connectivity index (χ2n) is 5.93. The van der Waals surface area contributed by atoms with Gasteiger partial charge in [0.15, 0.2) is 12.3 Å². The average molecular weight is 255 g/mol. The van der Waals surface area contributed by atoms with Gasteiger partial charge in [0.2, 0.25) is 0 Å². The normalized spacial score (nSPS) is 14.4. The highest BCUT2D eigenvalue weighted by Crippen LogP contribution is 2.15. The lowest BCUT2D eigenvalue weighted by Crippen LogP contribution is -2.17. The molecule has 0 aliphatic heterocycles. The van der Waals surface area contributed by atoms with E-state index in [1.165, 1.54) is 5.57 Å². The van der Waals surface area contributed by atoms with Crippen molar-refractivity contribution in [2.75, 3.05) is 0 Å². The Morgan fingerprint density at radius 1 is 1.33 bits per heavy atom. The van der Waals surface area contributed by atoms with Gasteiger partial charge in [-0.05, 0) is 60.3 Å². The van der Waals surface area contributed by atoms with Gasteiger partial charge < -0.3 is 10.3 Å². The summed E-state index contributed by atoms with van der Waals surface area (Å²) in [6.07, 6.45) is 8.47. The summed E-state index contributed by atoms with van der Waals surface area (Å²) in [4.78, 5) is 0. The maximum Gasteiger partial charge on any atom is 0.157 e. The van der Waals surface area contributed by atoms with Crippen LogP contribution < -0.4 is 0 Å². The Morgan fingerprint density at radius 3 is 2.44 bits per heavy atom. The van der Waals surface area contributed by atoms with Gasteiger partial charge in [-0.15, -0.1) is 0 Å². The fraction of sp³-hybridized carbons (Fsp3) is 0.800. The molecule has 3 nitrogen and oxygen atoms in total. The highest BCUT2D eigenvalue weighted by Gasteiger charge is 2.11. The quantitative estimate of drug-likeness (QED) is 0.180. The molecule has 0 radical (unpaired) electrons. The summed E-state index contributed by atoms with van der Waals surface area (Å²) in [5.41, 5.74) is 0.781. The minimum Gasteiger partial charge on any atom is -0.624 e. The largest absolute Gasteiger partial charge is 0.624 e. The molecular weight excluding hydrogens is 226 g/mol. The predicted octanol–water partition coefficient (Wildman–Crippen LogP) is 3.64. The van der Waals surface area contributed by atoms with Crippen molar-refractivity contribution >= 4 is 6.21 Å². The molecule has 0 aliphatic rings. The minimum absolute atomic E-state index is 0.0295. The van der Waals surface area contributed by atoms with Crippen molar-refractivity contribution < 1.29 is 9.85 Å². The Kier molecular flexibility index (Phi) is 7.92. The van der Waals surface area contributed by atoms with Crippen LogP contribution in [-0.4, -0.2) is 27.7 Å². The summed E-state index contributed by atoms with van der Waals surface area (Å²) in [6.45, 7) is 9.58. The molecule has 0 fully saturated rings. The van der Waals surface area contributed by atoms with Crippen molar-refractivity contribution in [3.8, 4) is 0 Å². The van der Waals surface area contributed by atoms with Crippen LogP contribution in [0.3, 0.4) is 0 Å². The summed E-state index contributed by atoms with van der Waals surface area (Å²) in [7, 11) is 0. The number of hydroxylamine groups is 1. The molecule has 0 amide bonds. The smallest absolute Gasteiger partial charge is 0.157 e. The molecule has 0 bridgehead atoms. The molecule has 0 aromatic heterocycles. The zero-order chi connectivity index (χ0) is 14.2. The first-order chi connectivity index (χ1) is 8.22. The van der Waals surface area contributed by atoms with E-state index in [1.807, 2.05) is 27.7 Å². The van der Waals surface area contributed by atoms with Crippen LogP contribution in [0.1, 0.15) is 66.7 Å². The Morgan fingerprint density at radius 2 is 1.94 bits per heavy atom. The molecule has 0 aromatic carbocycles. The van der Waals surface area contributed by atoms with Gasteiger partial charge in [0.25, 0.3) is 0 Å². The van der Waals surface area contributed by atoms with Crippen LogP contribution in [0.4, 0.5) is 0 Å². The number of aliphatic hydroxyl groups is 1. The lowest BCUT2D eigenvalue weighted by Gasteiger charge is -2.16. The molecule has 0 unspecified atom stereocenters. The third-order valence-corrected chi connectivity index (χ3v) is 2.84. The molecule has 0 rings (SSSR count). The molecule has 0 atom stereocenters. The first-order valence-corrected chi connectivity index (χ1v) is 6.89. The zero-order valence-electron chi connectivity index (χ0n) is 12.6. The van der Waals surface area contributed by atoms with Gasteiger partial charge in [-0.3, -0.25) is 0 Å². The van der Waals surface area contributed by atoms with E-state index in [1.54, 1.807) is 6.21 Å². The van der Waals surface area contributed by atoms with Gasteiger partial charge in [0, 0.05) is 6.42 Å². The first-order valence-electron chi connectivity index (χ1n) is 6.89. The molecule has 1 N–H and O–H groups in total. The van der Waals surface area contributed by atoms with Crippen LogP contribution in [0.5, 0.6) is 0 Å². The van der Waals surface area contributed by atoms with E-state index in [-0.39, 0.29) is 6.04 Å². The number of rotatable bonds is 8. The number of unbranched alkanes of at least 4 members (excludes halogenated alkanes) is 1. The number of hydrogen-bond donors (Lipinski definition) is 1. The highest BCUT2D eigenvalue weighted by atomic mass is 16.5. The third-order valence-electron chi connectivity index (χ3n) is 2.84. The molecule has 0 aromatic rings. The lowest BCUT2D eigenvalue weighted by molar-refractivity contribution is -0.488. The van der Waals surface area contributed by atoms with Crippen LogP contribution in [0.2, 0.25) is 0 Å². The zero-order valence-corrected chi connectivity index (χ0v) is 12.6. The van der Waals surface area contributed by atoms with E-state index >= 15 is 0 Å². The van der Waals surface area contributed by atoms with E-state index in [0.29, 0.717) is 0 Å². The summed E-state index contributed by atoms with van der Waals surface area (Å²) < 4.78 is 1.01. The fourth-order valence-electron chi connectivity index (χ4n) is 1.64. The van der Waals surface area contributed by atoms with Crippen molar-refractivity contribution in [3.05, 3.63) is 16.9 Å². The second-order valence-corrected chi connectivity index (χ2v) is 5.93. The second kappa shape index (κ2) is 8.30. The van der Waals surface area contributed by atoms with Gasteiger partial charge in [0.1, 0.15) is 0 Å². The van der Waals surface area contributed by atoms with Crippen molar-refractivity contribution in [1.82, 2.24) is 0 Å². The van der Waals surface area contributed by atoms with Gasteiger partial charge in [-0.25, -0.2) is 4.74 Å². The van der Waals surface area contributed by atoms with Crippen LogP contribution >= 0.6 is 0 Å². The van der Waals surface area contributed by atoms with Gasteiger partial charge in [0.05, 0.1) is 5.60 Å². The molecule has 0 saturated carbocycles.